The number of carbonyl (C=O) groups is 1. The SMILES string of the molecule is COc1ncc(-c2c(C(F)F)ccc(Cl)c2F)nc1C(=O)O. The van der Waals surface area contributed by atoms with Gasteiger partial charge in [-0.05, 0) is 6.07 Å². The van der Waals surface area contributed by atoms with Crippen LogP contribution in [0, 0.1) is 5.82 Å². The molecule has 0 aliphatic carbocycles. The standard InChI is InChI=1S/C13H8ClF3N2O3/c1-22-12-10(13(20)21)19-7(4-18-12)8-5(11(16)17)2-3-6(14)9(8)15/h2-4,11H,1H3,(H,20,21). The minimum atomic E-state index is -3.00. The van der Waals surface area contributed by atoms with Crippen molar-refractivity contribution in [1.29, 1.82) is 0 Å². The predicted octanol–water partition coefficient (Wildman–Crippen LogP) is 3.58. The van der Waals surface area contributed by atoms with E-state index in [9.17, 15) is 18.0 Å². The highest BCUT2D eigenvalue weighted by Gasteiger charge is 2.24. The van der Waals surface area contributed by atoms with E-state index in [-0.39, 0.29) is 11.6 Å². The monoisotopic (exact) mass is 332 g/mol. The van der Waals surface area contributed by atoms with E-state index in [1.807, 2.05) is 0 Å². The number of carboxylic acids is 1. The number of nitrogens with zero attached hydrogens (tertiary/aromatic N) is 2. The van der Waals surface area contributed by atoms with Gasteiger partial charge < -0.3 is 9.84 Å². The summed E-state index contributed by atoms with van der Waals surface area (Å²) in [6.45, 7) is 0. The molecule has 9 heteroatoms. The molecule has 116 valence electrons. The summed E-state index contributed by atoms with van der Waals surface area (Å²) in [5.41, 5.74) is -2.27. The largest absolute Gasteiger partial charge is 0.479 e. The third-order valence-electron chi connectivity index (χ3n) is 2.75. The Bertz CT molecular complexity index is 741. The topological polar surface area (TPSA) is 72.3 Å². The maximum atomic E-state index is 14.1. The fraction of sp³-hybridized carbons (Fsp3) is 0.154. The fourth-order valence-electron chi connectivity index (χ4n) is 1.79. The normalized spacial score (nSPS) is 10.8. The van der Waals surface area contributed by atoms with E-state index in [0.29, 0.717) is 0 Å². The lowest BCUT2D eigenvalue weighted by Gasteiger charge is -2.12. The molecule has 1 aromatic heterocycles. The molecule has 1 heterocycles. The molecule has 2 aromatic rings. The first kappa shape index (κ1) is 16.0. The minimum absolute atomic E-state index is 0.322. The number of methoxy groups -OCH3 is 1. The number of hydrogen-bond donors (Lipinski definition) is 1. The maximum absolute atomic E-state index is 14.1. The Balaban J connectivity index is 2.74. The summed E-state index contributed by atoms with van der Waals surface area (Å²) in [6.07, 6.45) is -2.06. The van der Waals surface area contributed by atoms with Crippen LogP contribution in [0.15, 0.2) is 18.3 Å². The van der Waals surface area contributed by atoms with E-state index in [1.165, 1.54) is 7.11 Å². The summed E-state index contributed by atoms with van der Waals surface area (Å²) in [7, 11) is 1.17. The quantitative estimate of drug-likeness (QED) is 0.926. The molecule has 0 radical (unpaired) electrons. The second-order valence-corrected chi connectivity index (χ2v) is 4.45. The Morgan fingerprint density at radius 3 is 2.64 bits per heavy atom. The zero-order valence-corrected chi connectivity index (χ0v) is 11.7. The Morgan fingerprint density at radius 1 is 1.41 bits per heavy atom. The van der Waals surface area contributed by atoms with Crippen LogP contribution in [0.5, 0.6) is 5.88 Å². The molecule has 0 aliphatic heterocycles. The van der Waals surface area contributed by atoms with Gasteiger partial charge in [0.1, 0.15) is 0 Å². The van der Waals surface area contributed by atoms with E-state index in [2.05, 4.69) is 9.97 Å². The number of aromatic nitrogens is 2. The van der Waals surface area contributed by atoms with Crippen molar-refractivity contribution in [2.24, 2.45) is 0 Å². The van der Waals surface area contributed by atoms with Gasteiger partial charge in [-0.25, -0.2) is 27.9 Å². The van der Waals surface area contributed by atoms with Gasteiger partial charge in [0.25, 0.3) is 6.43 Å². The number of hydrogen-bond acceptors (Lipinski definition) is 4. The van der Waals surface area contributed by atoms with Gasteiger partial charge >= 0.3 is 5.97 Å². The van der Waals surface area contributed by atoms with Crippen LogP contribution in [0.25, 0.3) is 11.3 Å². The van der Waals surface area contributed by atoms with Gasteiger partial charge in [0.15, 0.2) is 5.82 Å². The van der Waals surface area contributed by atoms with Gasteiger partial charge in [-0.1, -0.05) is 17.7 Å². The molecule has 0 atom stereocenters. The van der Waals surface area contributed by atoms with Crippen LogP contribution in [0.2, 0.25) is 5.02 Å². The van der Waals surface area contributed by atoms with Crippen molar-refractivity contribution in [2.45, 2.75) is 6.43 Å². The molecule has 1 N–H and O–H groups in total. The van der Waals surface area contributed by atoms with Gasteiger partial charge in [0.05, 0.1) is 24.0 Å². The van der Waals surface area contributed by atoms with Crippen LogP contribution in [-0.2, 0) is 0 Å². The number of alkyl halides is 2. The predicted molar refractivity (Wildman–Crippen MR) is 70.9 cm³/mol. The first-order valence-electron chi connectivity index (χ1n) is 5.77. The van der Waals surface area contributed by atoms with Crippen molar-refractivity contribution < 1.29 is 27.8 Å². The summed E-state index contributed by atoms with van der Waals surface area (Å²) < 4.78 is 44.9. The minimum Gasteiger partial charge on any atom is -0.479 e. The second kappa shape index (κ2) is 6.18. The van der Waals surface area contributed by atoms with Gasteiger partial charge in [-0.15, -0.1) is 0 Å². The van der Waals surface area contributed by atoms with Crippen molar-refractivity contribution >= 4 is 17.6 Å². The molecule has 22 heavy (non-hydrogen) atoms. The lowest BCUT2D eigenvalue weighted by atomic mass is 10.0. The molecule has 0 amide bonds. The van der Waals surface area contributed by atoms with Gasteiger partial charge in [-0.3, -0.25) is 0 Å². The highest BCUT2D eigenvalue weighted by Crippen LogP contribution is 2.35. The van der Waals surface area contributed by atoms with Crippen molar-refractivity contribution in [3.63, 3.8) is 0 Å². The molecule has 0 aliphatic rings. The maximum Gasteiger partial charge on any atom is 0.360 e. The summed E-state index contributed by atoms with van der Waals surface area (Å²) in [5, 5.41) is 8.63. The van der Waals surface area contributed by atoms with Crippen LogP contribution in [0.4, 0.5) is 13.2 Å². The number of aromatic carboxylic acids is 1. The molecule has 0 spiro atoms. The number of halogens is 4. The highest BCUT2D eigenvalue weighted by molar-refractivity contribution is 6.31. The molecule has 0 unspecified atom stereocenters. The Kier molecular flexibility index (Phi) is 4.51. The molecule has 0 fully saturated rings. The number of ether oxygens (including phenoxy) is 1. The molecule has 5 nitrogen and oxygen atoms in total. The first-order valence-corrected chi connectivity index (χ1v) is 6.15. The van der Waals surface area contributed by atoms with E-state index in [1.54, 1.807) is 0 Å². The zero-order valence-electron chi connectivity index (χ0n) is 11.0. The Hall–Kier alpha value is -2.35. The second-order valence-electron chi connectivity index (χ2n) is 4.04. The zero-order chi connectivity index (χ0) is 16.4. The van der Waals surface area contributed by atoms with Crippen LogP contribution < -0.4 is 4.74 Å². The van der Waals surface area contributed by atoms with E-state index >= 15 is 0 Å². The van der Waals surface area contributed by atoms with Crippen LogP contribution in [0.3, 0.4) is 0 Å². The van der Waals surface area contributed by atoms with Gasteiger partial charge in [-0.2, -0.15) is 0 Å². The number of rotatable bonds is 4. The lowest BCUT2D eigenvalue weighted by Crippen LogP contribution is -2.08. The van der Waals surface area contributed by atoms with E-state index < -0.39 is 40.1 Å². The third kappa shape index (κ3) is 2.82. The lowest BCUT2D eigenvalue weighted by molar-refractivity contribution is 0.0685. The summed E-state index contributed by atoms with van der Waals surface area (Å²) in [6, 6.07) is 1.93. The first-order chi connectivity index (χ1) is 10.4. The molecule has 0 saturated heterocycles. The van der Waals surface area contributed by atoms with E-state index in [0.717, 1.165) is 18.3 Å². The molecule has 2 rings (SSSR count). The Morgan fingerprint density at radius 2 is 2.09 bits per heavy atom. The van der Waals surface area contributed by atoms with Gasteiger partial charge in [0.2, 0.25) is 11.6 Å². The average Bonchev–Trinajstić information content (AvgIpc) is 2.48. The summed E-state index contributed by atoms with van der Waals surface area (Å²) in [5.74, 6) is -2.94. The molecular weight excluding hydrogens is 325 g/mol. The van der Waals surface area contributed by atoms with Crippen LogP contribution in [0.1, 0.15) is 22.5 Å². The summed E-state index contributed by atoms with van der Waals surface area (Å²) in [4.78, 5) is 18.4. The van der Waals surface area contributed by atoms with Gasteiger partial charge in [0, 0.05) is 11.1 Å². The average molecular weight is 333 g/mol. The smallest absolute Gasteiger partial charge is 0.360 e. The highest BCUT2D eigenvalue weighted by atomic mass is 35.5. The molecule has 1 aromatic carbocycles. The Labute approximate surface area is 127 Å². The molecular formula is C13H8ClF3N2O3. The number of carboxylic acid groups (broad SMARTS) is 1. The van der Waals surface area contributed by atoms with Crippen LogP contribution >= 0.6 is 11.6 Å². The van der Waals surface area contributed by atoms with Crippen molar-refractivity contribution in [3.05, 3.63) is 40.4 Å². The van der Waals surface area contributed by atoms with Crippen molar-refractivity contribution in [2.75, 3.05) is 7.11 Å². The summed E-state index contributed by atoms with van der Waals surface area (Å²) >= 11 is 5.59. The van der Waals surface area contributed by atoms with Crippen LogP contribution in [-0.4, -0.2) is 28.2 Å². The fourth-order valence-corrected chi connectivity index (χ4v) is 1.95. The third-order valence-corrected chi connectivity index (χ3v) is 3.05. The van der Waals surface area contributed by atoms with Crippen molar-refractivity contribution in [3.8, 4) is 17.1 Å². The van der Waals surface area contributed by atoms with Crippen molar-refractivity contribution in [1.82, 2.24) is 9.97 Å². The molecule has 0 bridgehead atoms. The molecule has 0 saturated carbocycles. The van der Waals surface area contributed by atoms with E-state index in [4.69, 9.17) is 21.4 Å². The number of benzene rings is 1.